The number of aromatic hydroxyl groups is 1. The fourth-order valence-corrected chi connectivity index (χ4v) is 1.61. The van der Waals surface area contributed by atoms with Gasteiger partial charge in [0.05, 0.1) is 17.3 Å². The molecule has 0 bridgehead atoms. The van der Waals surface area contributed by atoms with Gasteiger partial charge in [0.2, 0.25) is 5.43 Å². The van der Waals surface area contributed by atoms with E-state index in [1.165, 1.54) is 12.3 Å². The second-order valence-corrected chi connectivity index (χ2v) is 3.95. The van der Waals surface area contributed by atoms with Gasteiger partial charge in [-0.2, -0.15) is 0 Å². The fourth-order valence-electron chi connectivity index (χ4n) is 1.40. The van der Waals surface area contributed by atoms with Crippen LogP contribution in [-0.4, -0.2) is 10.1 Å². The minimum absolute atomic E-state index is 0.286. The van der Waals surface area contributed by atoms with Crippen LogP contribution in [0, 0.1) is 0 Å². The normalized spacial score (nSPS) is 10.2. The van der Waals surface area contributed by atoms with Crippen molar-refractivity contribution in [1.29, 1.82) is 0 Å². The Morgan fingerprint density at radius 1 is 1.35 bits per heavy atom. The van der Waals surface area contributed by atoms with Crippen molar-refractivity contribution in [3.63, 3.8) is 0 Å². The maximum atomic E-state index is 11.2. The van der Waals surface area contributed by atoms with Crippen LogP contribution in [0.2, 0.25) is 5.02 Å². The molecular weight excluding hydrogens is 240 g/mol. The zero-order valence-electron chi connectivity index (χ0n) is 8.90. The van der Waals surface area contributed by atoms with Crippen molar-refractivity contribution < 1.29 is 5.11 Å². The first-order valence-corrected chi connectivity index (χ1v) is 5.43. The minimum Gasteiger partial charge on any atom is -0.503 e. The van der Waals surface area contributed by atoms with Gasteiger partial charge >= 0.3 is 0 Å². The summed E-state index contributed by atoms with van der Waals surface area (Å²) in [6.07, 6.45) is 1.27. The number of pyridine rings is 1. The lowest BCUT2D eigenvalue weighted by Crippen LogP contribution is -2.07. The van der Waals surface area contributed by atoms with Crippen molar-refractivity contribution in [3.8, 4) is 5.75 Å². The first-order chi connectivity index (χ1) is 8.16. The van der Waals surface area contributed by atoms with Crippen molar-refractivity contribution >= 4 is 17.3 Å². The molecule has 0 radical (unpaired) electrons. The zero-order chi connectivity index (χ0) is 12.3. The molecule has 0 saturated heterocycles. The number of aromatic amines is 1. The number of rotatable bonds is 3. The second kappa shape index (κ2) is 4.93. The molecule has 0 aliphatic heterocycles. The smallest absolute Gasteiger partial charge is 0.223 e. The van der Waals surface area contributed by atoms with Gasteiger partial charge in [-0.05, 0) is 12.1 Å². The molecule has 0 spiro atoms. The third kappa shape index (κ3) is 2.79. The summed E-state index contributed by atoms with van der Waals surface area (Å²) < 4.78 is 0. The van der Waals surface area contributed by atoms with Crippen LogP contribution in [-0.2, 0) is 6.54 Å². The molecule has 88 valence electrons. The second-order valence-electron chi connectivity index (χ2n) is 3.54. The monoisotopic (exact) mass is 250 g/mol. The average molecular weight is 251 g/mol. The standard InChI is InChI=1S/C12H11ClN2O2/c13-9-3-1-2-4-10(9)15-6-8-5-11(16)12(17)7-14-8/h1-5,7,15,17H,6H2,(H,14,16). The van der Waals surface area contributed by atoms with E-state index in [0.717, 1.165) is 5.69 Å². The van der Waals surface area contributed by atoms with E-state index in [9.17, 15) is 4.79 Å². The van der Waals surface area contributed by atoms with E-state index < -0.39 is 5.43 Å². The molecule has 2 aromatic rings. The van der Waals surface area contributed by atoms with E-state index >= 15 is 0 Å². The molecule has 0 aliphatic carbocycles. The summed E-state index contributed by atoms with van der Waals surface area (Å²) in [6, 6.07) is 8.69. The summed E-state index contributed by atoms with van der Waals surface area (Å²) in [5.74, 6) is -0.286. The van der Waals surface area contributed by atoms with Crippen LogP contribution >= 0.6 is 11.6 Å². The summed E-state index contributed by atoms with van der Waals surface area (Å²) in [4.78, 5) is 14.0. The molecule has 4 nitrogen and oxygen atoms in total. The molecule has 1 aromatic heterocycles. The van der Waals surface area contributed by atoms with Gasteiger partial charge in [0.25, 0.3) is 0 Å². The van der Waals surface area contributed by atoms with Gasteiger partial charge in [0.1, 0.15) is 0 Å². The largest absolute Gasteiger partial charge is 0.503 e. The Morgan fingerprint density at radius 2 is 2.12 bits per heavy atom. The molecule has 0 atom stereocenters. The first kappa shape index (κ1) is 11.5. The van der Waals surface area contributed by atoms with Crippen LogP contribution in [0.5, 0.6) is 5.75 Å². The number of para-hydroxylation sites is 1. The van der Waals surface area contributed by atoms with Crippen LogP contribution in [0.25, 0.3) is 0 Å². The molecule has 1 heterocycles. The lowest BCUT2D eigenvalue weighted by molar-refractivity contribution is 0.467. The Labute approximate surface area is 103 Å². The topological polar surface area (TPSA) is 65.1 Å². The molecule has 0 fully saturated rings. The number of hydrogen-bond acceptors (Lipinski definition) is 3. The highest BCUT2D eigenvalue weighted by molar-refractivity contribution is 6.33. The Balaban J connectivity index is 2.10. The van der Waals surface area contributed by atoms with Crippen LogP contribution in [0.15, 0.2) is 41.3 Å². The van der Waals surface area contributed by atoms with Crippen LogP contribution in [0.4, 0.5) is 5.69 Å². The first-order valence-electron chi connectivity index (χ1n) is 5.06. The molecule has 3 N–H and O–H groups in total. The van der Waals surface area contributed by atoms with Gasteiger partial charge < -0.3 is 15.4 Å². The predicted octanol–water partition coefficient (Wildman–Crippen LogP) is 2.35. The fraction of sp³-hybridized carbons (Fsp3) is 0.0833. The summed E-state index contributed by atoms with van der Waals surface area (Å²) >= 11 is 5.97. The minimum atomic E-state index is -0.403. The molecule has 1 aromatic carbocycles. The Hall–Kier alpha value is -1.94. The zero-order valence-corrected chi connectivity index (χ0v) is 9.66. The molecule has 17 heavy (non-hydrogen) atoms. The van der Waals surface area contributed by atoms with Gasteiger partial charge in [-0.3, -0.25) is 4.79 Å². The molecule has 0 unspecified atom stereocenters. The van der Waals surface area contributed by atoms with Gasteiger partial charge in [-0.1, -0.05) is 23.7 Å². The molecular formula is C12H11ClN2O2. The highest BCUT2D eigenvalue weighted by Crippen LogP contribution is 2.20. The number of anilines is 1. The van der Waals surface area contributed by atoms with Crippen molar-refractivity contribution in [1.82, 2.24) is 4.98 Å². The Morgan fingerprint density at radius 3 is 2.82 bits per heavy atom. The lowest BCUT2D eigenvalue weighted by atomic mass is 10.3. The average Bonchev–Trinajstić information content (AvgIpc) is 2.32. The Kier molecular flexibility index (Phi) is 3.35. The summed E-state index contributed by atoms with van der Waals surface area (Å²) in [6.45, 7) is 0.430. The van der Waals surface area contributed by atoms with Gasteiger partial charge in [0.15, 0.2) is 5.75 Å². The van der Waals surface area contributed by atoms with Gasteiger partial charge in [0, 0.05) is 18.0 Å². The highest BCUT2D eigenvalue weighted by atomic mass is 35.5. The van der Waals surface area contributed by atoms with Gasteiger partial charge in [-0.15, -0.1) is 0 Å². The number of aromatic nitrogens is 1. The van der Waals surface area contributed by atoms with Crippen LogP contribution < -0.4 is 10.7 Å². The summed E-state index contributed by atoms with van der Waals surface area (Å²) in [5.41, 5.74) is 1.07. The van der Waals surface area contributed by atoms with Crippen molar-refractivity contribution in [2.75, 3.05) is 5.32 Å². The van der Waals surface area contributed by atoms with Crippen LogP contribution in [0.1, 0.15) is 5.69 Å². The van der Waals surface area contributed by atoms with Crippen molar-refractivity contribution in [3.05, 3.63) is 57.5 Å². The third-order valence-electron chi connectivity index (χ3n) is 2.30. The Bertz CT molecular complexity index is 581. The number of halogens is 1. The van der Waals surface area contributed by atoms with E-state index in [-0.39, 0.29) is 5.75 Å². The molecule has 0 amide bonds. The van der Waals surface area contributed by atoms with E-state index in [1.54, 1.807) is 6.07 Å². The highest BCUT2D eigenvalue weighted by Gasteiger charge is 2.01. The summed E-state index contributed by atoms with van der Waals surface area (Å²) in [7, 11) is 0. The number of nitrogens with one attached hydrogen (secondary N) is 2. The quantitative estimate of drug-likeness (QED) is 0.783. The molecule has 5 heteroatoms. The number of hydrogen-bond donors (Lipinski definition) is 3. The maximum absolute atomic E-state index is 11.2. The number of H-pyrrole nitrogens is 1. The maximum Gasteiger partial charge on any atom is 0.223 e. The molecule has 0 saturated carbocycles. The SMILES string of the molecule is O=c1cc(CNc2ccccc2Cl)[nH]cc1O. The van der Waals surface area contributed by atoms with Gasteiger partial charge in [-0.25, -0.2) is 0 Å². The summed E-state index contributed by atoms with van der Waals surface area (Å²) in [5, 5.41) is 12.8. The lowest BCUT2D eigenvalue weighted by Gasteiger charge is -2.07. The van der Waals surface area contributed by atoms with E-state index in [2.05, 4.69) is 10.3 Å². The van der Waals surface area contributed by atoms with E-state index in [1.807, 2.05) is 18.2 Å². The third-order valence-corrected chi connectivity index (χ3v) is 2.62. The van der Waals surface area contributed by atoms with E-state index in [0.29, 0.717) is 17.3 Å². The van der Waals surface area contributed by atoms with E-state index in [4.69, 9.17) is 16.7 Å². The van der Waals surface area contributed by atoms with Crippen molar-refractivity contribution in [2.24, 2.45) is 0 Å². The molecule has 0 aliphatic rings. The molecule has 2 rings (SSSR count). The van der Waals surface area contributed by atoms with Crippen molar-refractivity contribution in [2.45, 2.75) is 6.54 Å². The predicted molar refractivity (Wildman–Crippen MR) is 67.5 cm³/mol. The number of benzene rings is 1. The van der Waals surface area contributed by atoms with Crippen LogP contribution in [0.3, 0.4) is 0 Å².